The number of nitriles is 2. The molecule has 0 unspecified atom stereocenters. The maximum Gasteiger partial charge on any atom is 0.326 e. The molecule has 298 valence electrons. The molecule has 2 atom stereocenters. The molecule has 17 heteroatoms. The monoisotopic (exact) mass is 866 g/mol. The summed E-state index contributed by atoms with van der Waals surface area (Å²) in [6.45, 7) is 0.993. The Morgan fingerprint density at radius 3 is 2.26 bits per heavy atom. The highest BCUT2D eigenvalue weighted by molar-refractivity contribution is 7.98. The van der Waals surface area contributed by atoms with Crippen LogP contribution in [0, 0.1) is 22.7 Å². The second kappa shape index (κ2) is 23.4. The zero-order valence-corrected chi connectivity index (χ0v) is 34.5. The third-order valence-electron chi connectivity index (χ3n) is 8.48. The summed E-state index contributed by atoms with van der Waals surface area (Å²) in [5, 5.41) is 39.8. The molecule has 0 bridgehead atoms. The van der Waals surface area contributed by atoms with Gasteiger partial charge in [-0.15, -0.1) is 36.2 Å². The van der Waals surface area contributed by atoms with E-state index in [4.69, 9.17) is 32.8 Å². The Labute approximate surface area is 356 Å². The molecule has 2 aromatic heterocycles. The van der Waals surface area contributed by atoms with Gasteiger partial charge in [0.2, 0.25) is 5.91 Å². The maximum absolute atomic E-state index is 13.2. The predicted octanol–water partition coefficient (Wildman–Crippen LogP) is 7.27. The Morgan fingerprint density at radius 2 is 1.61 bits per heavy atom. The van der Waals surface area contributed by atoms with Crippen molar-refractivity contribution in [3.63, 3.8) is 0 Å². The molecule has 0 aliphatic rings. The highest BCUT2D eigenvalue weighted by atomic mass is 35.5. The van der Waals surface area contributed by atoms with Gasteiger partial charge >= 0.3 is 5.97 Å². The van der Waals surface area contributed by atoms with E-state index < -0.39 is 24.0 Å². The van der Waals surface area contributed by atoms with Gasteiger partial charge in [-0.25, -0.2) is 14.8 Å². The lowest BCUT2D eigenvalue weighted by Gasteiger charge is -2.22. The molecule has 0 spiro atoms. The van der Waals surface area contributed by atoms with E-state index in [2.05, 4.69) is 27.8 Å². The minimum atomic E-state index is -1.11. The Morgan fingerprint density at radius 1 is 0.930 bits per heavy atom. The van der Waals surface area contributed by atoms with Gasteiger partial charge in [0, 0.05) is 40.2 Å². The van der Waals surface area contributed by atoms with Crippen molar-refractivity contribution in [2.24, 2.45) is 5.73 Å². The number of carboxylic acid groups (broad SMARTS) is 1. The highest BCUT2D eigenvalue weighted by Crippen LogP contribution is 2.37. The van der Waals surface area contributed by atoms with Crippen molar-refractivity contribution >= 4 is 77.2 Å². The summed E-state index contributed by atoms with van der Waals surface area (Å²) in [5.41, 5.74) is 15.8. The first-order valence-electron chi connectivity index (χ1n) is 17.4. The molecule has 2 heterocycles. The number of carbonyl (C=O) groups excluding carboxylic acids is 1. The van der Waals surface area contributed by atoms with E-state index in [0.29, 0.717) is 58.6 Å². The number of thioether (sulfide) groups is 1. The number of hydrogen-bond acceptors (Lipinski definition) is 12. The fourth-order valence-electron chi connectivity index (χ4n) is 5.69. The van der Waals surface area contributed by atoms with E-state index in [-0.39, 0.29) is 54.8 Å². The first kappa shape index (κ1) is 46.5. The lowest BCUT2D eigenvalue weighted by molar-refractivity contribution is -0.142. The normalized spacial score (nSPS) is 11.5. The number of rotatable bonds is 19. The number of unbranched alkanes of at least 4 members (excludes halogenated alkanes) is 1. The summed E-state index contributed by atoms with van der Waals surface area (Å²) in [6, 6.07) is 26.1. The number of carbonyl (C=O) groups is 2. The number of halogens is 3. The topological polar surface area (TPSA) is 213 Å². The number of ether oxygens (including phenoxy) is 1. The van der Waals surface area contributed by atoms with Crippen LogP contribution in [0.25, 0.3) is 21.7 Å². The van der Waals surface area contributed by atoms with Crippen molar-refractivity contribution in [3.05, 3.63) is 112 Å². The molecule has 0 saturated carbocycles. The molecule has 0 radical (unpaired) electrons. The lowest BCUT2D eigenvalue weighted by atomic mass is 9.97. The first-order chi connectivity index (χ1) is 26.7. The van der Waals surface area contributed by atoms with E-state index in [1.54, 1.807) is 24.3 Å². The molecule has 3 aromatic carbocycles. The summed E-state index contributed by atoms with van der Waals surface area (Å²) < 4.78 is 5.95. The van der Waals surface area contributed by atoms with Gasteiger partial charge in [-0.2, -0.15) is 10.5 Å². The van der Waals surface area contributed by atoms with Crippen LogP contribution in [0.5, 0.6) is 5.75 Å². The van der Waals surface area contributed by atoms with Crippen molar-refractivity contribution in [3.8, 4) is 39.6 Å². The number of aromatic nitrogens is 2. The van der Waals surface area contributed by atoms with Crippen molar-refractivity contribution in [1.82, 2.24) is 20.6 Å². The van der Waals surface area contributed by atoms with Crippen LogP contribution in [0.15, 0.2) is 89.3 Å². The van der Waals surface area contributed by atoms with Gasteiger partial charge in [0.25, 0.3) is 0 Å². The van der Waals surface area contributed by atoms with Gasteiger partial charge < -0.3 is 31.9 Å². The predicted molar refractivity (Wildman–Crippen MR) is 230 cm³/mol. The minimum absolute atomic E-state index is 0. The number of amides is 1. The SMILES string of the molecule is Cl.Cl.N#Cc1c(N)nc(SCc2csc(-c3ccc(Cl)cc3)n2)c(C#N)c1-c1ccc(OCCN[C@@H](CCCCN)C(=O)N[C@@H](Cc2ccccc2)C(=O)O)cc1. The molecule has 5 rings (SSSR count). The number of pyridine rings is 1. The van der Waals surface area contributed by atoms with Crippen molar-refractivity contribution in [2.75, 3.05) is 25.4 Å². The molecule has 0 aliphatic heterocycles. The van der Waals surface area contributed by atoms with Crippen LogP contribution in [0.2, 0.25) is 5.02 Å². The first-order valence-corrected chi connectivity index (χ1v) is 19.7. The average molecular weight is 868 g/mol. The fourth-order valence-corrected chi connectivity index (χ4v) is 7.64. The molecule has 0 aliphatic carbocycles. The molecule has 0 saturated heterocycles. The van der Waals surface area contributed by atoms with Crippen LogP contribution < -0.4 is 26.8 Å². The second-order valence-corrected chi connectivity index (χ2v) is 14.6. The molecule has 7 N–H and O–H groups in total. The zero-order valence-electron chi connectivity index (χ0n) is 30.5. The number of anilines is 1. The van der Waals surface area contributed by atoms with Crippen molar-refractivity contribution < 1.29 is 19.4 Å². The molecule has 0 fully saturated rings. The number of nitrogens with zero attached hydrogens (tertiary/aromatic N) is 4. The molecule has 12 nitrogen and oxygen atoms in total. The molecule has 57 heavy (non-hydrogen) atoms. The third-order valence-corrected chi connectivity index (χ3v) is 10.7. The number of benzene rings is 3. The fraction of sp³-hybridized carbons (Fsp3) is 0.250. The lowest BCUT2D eigenvalue weighted by Crippen LogP contribution is -2.51. The Kier molecular flexibility index (Phi) is 19.0. The van der Waals surface area contributed by atoms with Gasteiger partial charge in [-0.1, -0.05) is 84.4 Å². The standard InChI is InChI=1S/C40H39ClN8O4S2.2ClH/c41-28-13-9-27(10-14-28)38-47-29(23-54-38)24-55-39-32(22-44)35(31(21-43)36(45)49-39)26-11-15-30(16-12-26)53-19-18-46-33(8-4-5-17-42)37(50)48-34(40(51)52)20-25-6-2-1-3-7-25;;/h1-3,6-7,9-16,23,33-34,46H,4-5,8,17-20,24,42H2,(H2,45,49)(H,48,50)(H,51,52);2*1H/t33-,34-;;/m0../s1. The molecule has 5 aromatic rings. The van der Waals surface area contributed by atoms with Gasteiger partial charge in [0.15, 0.2) is 0 Å². The third kappa shape index (κ3) is 13.1. The van der Waals surface area contributed by atoms with E-state index in [1.807, 2.05) is 60.0 Å². The summed E-state index contributed by atoms with van der Waals surface area (Å²) >= 11 is 8.84. The van der Waals surface area contributed by atoms with E-state index in [9.17, 15) is 25.2 Å². The van der Waals surface area contributed by atoms with E-state index >= 15 is 0 Å². The Balaban J connectivity index is 0.00000435. The maximum atomic E-state index is 13.2. The number of nitrogens with two attached hydrogens (primary N) is 2. The highest BCUT2D eigenvalue weighted by Gasteiger charge is 2.25. The van der Waals surface area contributed by atoms with Gasteiger partial charge in [0.05, 0.1) is 17.3 Å². The van der Waals surface area contributed by atoms with Gasteiger partial charge in [0.1, 0.15) is 52.0 Å². The van der Waals surface area contributed by atoms with Gasteiger partial charge in [-0.3, -0.25) is 4.79 Å². The van der Waals surface area contributed by atoms with Crippen molar-refractivity contribution in [1.29, 1.82) is 10.5 Å². The van der Waals surface area contributed by atoms with Crippen LogP contribution in [-0.4, -0.2) is 58.7 Å². The Hall–Kier alpha value is -4.90. The van der Waals surface area contributed by atoms with Crippen LogP contribution in [0.3, 0.4) is 0 Å². The van der Waals surface area contributed by atoms with Crippen LogP contribution in [0.4, 0.5) is 5.82 Å². The number of nitrogens with one attached hydrogen (secondary N) is 2. The number of aliphatic carboxylic acids is 1. The summed E-state index contributed by atoms with van der Waals surface area (Å²) in [7, 11) is 0. The Bertz CT molecular complexity index is 2160. The largest absolute Gasteiger partial charge is 0.492 e. The summed E-state index contributed by atoms with van der Waals surface area (Å²) in [4.78, 5) is 34.3. The van der Waals surface area contributed by atoms with Crippen molar-refractivity contribution in [2.45, 2.75) is 48.5 Å². The second-order valence-electron chi connectivity index (χ2n) is 12.3. The van der Waals surface area contributed by atoms with Gasteiger partial charge in [-0.05, 0) is 54.8 Å². The number of hydrogen-bond donors (Lipinski definition) is 5. The minimum Gasteiger partial charge on any atom is -0.492 e. The number of thiazole rings is 1. The number of nitrogen functional groups attached to an aromatic ring is 1. The summed E-state index contributed by atoms with van der Waals surface area (Å²) in [5.74, 6) is -0.546. The quantitative estimate of drug-likeness (QED) is 0.0410. The molecular weight excluding hydrogens is 827 g/mol. The van der Waals surface area contributed by atoms with E-state index in [1.165, 1.54) is 23.1 Å². The average Bonchev–Trinajstić information content (AvgIpc) is 3.67. The molecule has 1 amide bonds. The van der Waals surface area contributed by atoms with Crippen LogP contribution >= 0.6 is 59.5 Å². The zero-order chi connectivity index (χ0) is 39.2. The molecular formula is C40H41Cl3N8O4S2. The van der Waals surface area contributed by atoms with Crippen LogP contribution in [-0.2, 0) is 21.8 Å². The van der Waals surface area contributed by atoms with Crippen LogP contribution in [0.1, 0.15) is 41.6 Å². The smallest absolute Gasteiger partial charge is 0.326 e. The summed E-state index contributed by atoms with van der Waals surface area (Å²) in [6.07, 6.45) is 2.05. The van der Waals surface area contributed by atoms with E-state index in [0.717, 1.165) is 28.2 Å². The number of carboxylic acids is 1.